The van der Waals surface area contributed by atoms with Crippen LogP contribution in [0.3, 0.4) is 0 Å². The Kier molecular flexibility index (Phi) is 11.6. The van der Waals surface area contributed by atoms with Crippen LogP contribution in [0.25, 0.3) is 0 Å². The molecule has 0 aliphatic rings. The van der Waals surface area contributed by atoms with Gasteiger partial charge in [0, 0.05) is 6.54 Å². The number of hydrogen-bond acceptors (Lipinski definition) is 6. The van der Waals surface area contributed by atoms with Crippen molar-refractivity contribution in [3.05, 3.63) is 71.3 Å². The number of unbranched alkanes of at least 4 members (excludes halogenated alkanes) is 1. The minimum atomic E-state index is -0.702. The Balaban J connectivity index is 1.59. The molecule has 0 radical (unpaired) electrons. The van der Waals surface area contributed by atoms with Gasteiger partial charge in [-0.1, -0.05) is 54.6 Å². The molecule has 0 spiro atoms. The van der Waals surface area contributed by atoms with Crippen molar-refractivity contribution in [1.29, 1.82) is 0 Å². The maximum absolute atomic E-state index is 12.0. The predicted octanol–water partition coefficient (Wildman–Crippen LogP) is 1.55. The number of carbonyl (C=O) groups excluding carboxylic acids is 3. The van der Waals surface area contributed by atoms with Gasteiger partial charge in [0.05, 0.1) is 18.9 Å². The molecule has 2 amide bonds. The quantitative estimate of drug-likeness (QED) is 0.268. The number of amides is 2. The van der Waals surface area contributed by atoms with Gasteiger partial charge in [0.1, 0.15) is 0 Å². The summed E-state index contributed by atoms with van der Waals surface area (Å²) in [6.07, 6.45) is 4.68. The largest absolute Gasteiger partial charge is 0.354 e. The van der Waals surface area contributed by atoms with Crippen LogP contribution in [0.4, 0.5) is 0 Å². The molecule has 8 heteroatoms. The molecule has 2 aromatic carbocycles. The van der Waals surface area contributed by atoms with E-state index in [1.54, 1.807) is 0 Å². The molecule has 178 valence electrons. The lowest BCUT2D eigenvalue weighted by atomic mass is 10.0. The van der Waals surface area contributed by atoms with E-state index in [-0.39, 0.29) is 25.3 Å². The Labute approximate surface area is 195 Å². The van der Waals surface area contributed by atoms with Crippen molar-refractivity contribution in [3.8, 4) is 0 Å². The first-order valence-corrected chi connectivity index (χ1v) is 11.3. The van der Waals surface area contributed by atoms with Crippen molar-refractivity contribution >= 4 is 17.8 Å². The molecule has 0 saturated heterocycles. The number of aryl methyl sites for hydroxylation is 2. The van der Waals surface area contributed by atoms with E-state index >= 15 is 0 Å². The molecule has 0 fully saturated rings. The molecule has 8 nitrogen and oxygen atoms in total. The number of benzene rings is 2. The molecule has 0 aliphatic heterocycles. The average Bonchev–Trinajstić information content (AvgIpc) is 2.82. The van der Waals surface area contributed by atoms with Crippen LogP contribution in [0.15, 0.2) is 54.6 Å². The van der Waals surface area contributed by atoms with E-state index in [9.17, 15) is 14.4 Å². The van der Waals surface area contributed by atoms with Gasteiger partial charge in [0.2, 0.25) is 5.91 Å². The summed E-state index contributed by atoms with van der Waals surface area (Å²) in [6, 6.07) is 17.6. The molecule has 0 aromatic heterocycles. The Hall–Kier alpha value is -3.23. The maximum atomic E-state index is 12.0. The highest BCUT2D eigenvalue weighted by molar-refractivity contribution is 5.82. The maximum Gasteiger partial charge on any atom is 0.334 e. The van der Waals surface area contributed by atoms with Crippen LogP contribution in [0.1, 0.15) is 42.4 Å². The number of hydroxylamine groups is 1. The summed E-state index contributed by atoms with van der Waals surface area (Å²) in [6.45, 7) is 0.374. The zero-order chi connectivity index (χ0) is 23.9. The van der Waals surface area contributed by atoms with E-state index in [4.69, 9.17) is 16.3 Å². The Bertz CT molecular complexity index is 872. The highest BCUT2D eigenvalue weighted by atomic mass is 16.7. The van der Waals surface area contributed by atoms with Crippen molar-refractivity contribution in [1.82, 2.24) is 10.8 Å². The number of carbonyl (C=O) groups is 3. The number of rotatable bonds is 13. The third-order valence-corrected chi connectivity index (χ3v) is 5.13. The lowest BCUT2D eigenvalue weighted by Crippen LogP contribution is -2.42. The molecule has 0 bridgehead atoms. The van der Waals surface area contributed by atoms with Crippen LogP contribution in [-0.2, 0) is 38.5 Å². The van der Waals surface area contributed by atoms with E-state index < -0.39 is 17.9 Å². The van der Waals surface area contributed by atoms with Gasteiger partial charge in [-0.25, -0.2) is 4.79 Å². The van der Waals surface area contributed by atoms with Crippen LogP contribution in [0.5, 0.6) is 0 Å². The fourth-order valence-electron chi connectivity index (χ4n) is 3.24. The van der Waals surface area contributed by atoms with Crippen molar-refractivity contribution in [2.24, 2.45) is 11.5 Å². The van der Waals surface area contributed by atoms with E-state index in [2.05, 4.69) is 35.1 Å². The first kappa shape index (κ1) is 26.0. The highest BCUT2D eigenvalue weighted by Gasteiger charge is 2.13. The molecule has 1 atom stereocenters. The smallest absolute Gasteiger partial charge is 0.334 e. The summed E-state index contributed by atoms with van der Waals surface area (Å²) in [5.74, 6) is -1.45. The molecule has 0 unspecified atom stereocenters. The molecule has 0 aliphatic carbocycles. The second-order valence-corrected chi connectivity index (χ2v) is 7.91. The molecular formula is C25H34N4O4. The van der Waals surface area contributed by atoms with E-state index in [1.807, 2.05) is 30.3 Å². The molecular weight excluding hydrogens is 420 g/mol. The third kappa shape index (κ3) is 10.8. The SMILES string of the molecule is NCC[C@H](N)C(=O)NCCC(=O)ONC(=O)Cc1ccc(CCCCc2ccccc2)cc1. The Morgan fingerprint density at radius 1 is 0.879 bits per heavy atom. The van der Waals surface area contributed by atoms with Crippen molar-refractivity contribution in [3.63, 3.8) is 0 Å². The van der Waals surface area contributed by atoms with Gasteiger partial charge in [-0.3, -0.25) is 9.59 Å². The molecule has 2 rings (SSSR count). The average molecular weight is 455 g/mol. The van der Waals surface area contributed by atoms with Crippen molar-refractivity contribution in [2.75, 3.05) is 13.1 Å². The second-order valence-electron chi connectivity index (χ2n) is 7.91. The summed E-state index contributed by atoms with van der Waals surface area (Å²) in [5.41, 5.74) is 16.5. The van der Waals surface area contributed by atoms with E-state index in [0.717, 1.165) is 31.2 Å². The topological polar surface area (TPSA) is 137 Å². The normalized spacial score (nSPS) is 11.5. The molecule has 2 aromatic rings. The van der Waals surface area contributed by atoms with Gasteiger partial charge < -0.3 is 21.6 Å². The van der Waals surface area contributed by atoms with Gasteiger partial charge in [-0.15, -0.1) is 0 Å². The van der Waals surface area contributed by atoms with Gasteiger partial charge in [-0.2, -0.15) is 5.48 Å². The lowest BCUT2D eigenvalue weighted by Gasteiger charge is -2.11. The first-order valence-electron chi connectivity index (χ1n) is 11.3. The fourth-order valence-corrected chi connectivity index (χ4v) is 3.24. The minimum Gasteiger partial charge on any atom is -0.354 e. The third-order valence-electron chi connectivity index (χ3n) is 5.13. The van der Waals surface area contributed by atoms with Crippen molar-refractivity contribution in [2.45, 2.75) is 51.0 Å². The number of nitrogens with two attached hydrogens (primary N) is 2. The van der Waals surface area contributed by atoms with Crippen LogP contribution >= 0.6 is 0 Å². The zero-order valence-corrected chi connectivity index (χ0v) is 18.9. The summed E-state index contributed by atoms with van der Waals surface area (Å²) in [7, 11) is 0. The lowest BCUT2D eigenvalue weighted by molar-refractivity contribution is -0.158. The van der Waals surface area contributed by atoms with Crippen LogP contribution in [0, 0.1) is 0 Å². The summed E-state index contributed by atoms with van der Waals surface area (Å²) < 4.78 is 0. The highest BCUT2D eigenvalue weighted by Crippen LogP contribution is 2.11. The molecule has 6 N–H and O–H groups in total. The molecule has 0 saturated carbocycles. The van der Waals surface area contributed by atoms with Gasteiger partial charge in [0.15, 0.2) is 0 Å². The minimum absolute atomic E-state index is 0.0681. The summed E-state index contributed by atoms with van der Waals surface area (Å²) in [4.78, 5) is 40.1. The van der Waals surface area contributed by atoms with Crippen molar-refractivity contribution < 1.29 is 19.2 Å². The van der Waals surface area contributed by atoms with Gasteiger partial charge in [0.25, 0.3) is 5.91 Å². The van der Waals surface area contributed by atoms with E-state index in [0.29, 0.717) is 13.0 Å². The monoisotopic (exact) mass is 454 g/mol. The first-order chi connectivity index (χ1) is 16.0. The fraction of sp³-hybridized carbons (Fsp3) is 0.400. The molecule has 0 heterocycles. The number of hydrogen-bond donors (Lipinski definition) is 4. The van der Waals surface area contributed by atoms with E-state index in [1.165, 1.54) is 11.1 Å². The standard InChI is InChI=1S/C25H34N4O4/c26-16-14-22(27)25(32)28-17-15-24(31)33-29-23(30)18-21-12-10-20(11-13-21)9-5-4-8-19-6-2-1-3-7-19/h1-3,6-7,10-13,22H,4-5,8-9,14-18,26-27H2,(H,28,32)(H,29,30)/t22-/m0/s1. The van der Waals surface area contributed by atoms with Crippen LogP contribution < -0.4 is 22.3 Å². The Morgan fingerprint density at radius 2 is 1.48 bits per heavy atom. The van der Waals surface area contributed by atoms with Gasteiger partial charge in [-0.05, 0) is 55.3 Å². The zero-order valence-electron chi connectivity index (χ0n) is 18.9. The van der Waals surface area contributed by atoms with Crippen LogP contribution in [0.2, 0.25) is 0 Å². The number of nitrogens with one attached hydrogen (secondary N) is 2. The van der Waals surface area contributed by atoms with Gasteiger partial charge >= 0.3 is 5.97 Å². The molecule has 33 heavy (non-hydrogen) atoms. The summed E-state index contributed by atoms with van der Waals surface area (Å²) in [5, 5.41) is 2.52. The van der Waals surface area contributed by atoms with Crippen LogP contribution in [-0.4, -0.2) is 36.9 Å². The predicted molar refractivity (Wildman–Crippen MR) is 127 cm³/mol. The Morgan fingerprint density at radius 3 is 2.12 bits per heavy atom. The second kappa shape index (κ2) is 14.8. The summed E-state index contributed by atoms with van der Waals surface area (Å²) >= 11 is 0.